The van der Waals surface area contributed by atoms with E-state index in [0.717, 1.165) is 36.1 Å². The molecule has 148 valence electrons. The van der Waals surface area contributed by atoms with Crippen molar-refractivity contribution >= 4 is 34.0 Å². The topological polar surface area (TPSA) is 81.7 Å². The average molecular weight is 401 g/mol. The van der Waals surface area contributed by atoms with Gasteiger partial charge in [0.25, 0.3) is 0 Å². The Morgan fingerprint density at radius 1 is 1.11 bits per heavy atom. The van der Waals surface area contributed by atoms with Gasteiger partial charge in [0.05, 0.1) is 12.7 Å². The van der Waals surface area contributed by atoms with Crippen LogP contribution in [0.15, 0.2) is 24.3 Å². The first-order valence-electron chi connectivity index (χ1n) is 9.22. The highest BCUT2D eigenvalue weighted by atomic mass is 32.1. The highest BCUT2D eigenvalue weighted by Crippen LogP contribution is 2.38. The summed E-state index contributed by atoms with van der Waals surface area (Å²) >= 11 is 1.42. The number of ether oxygens (including phenoxy) is 2. The minimum absolute atomic E-state index is 0.241. The Hall–Kier alpha value is -2.67. The molecular weight excluding hydrogens is 378 g/mol. The van der Waals surface area contributed by atoms with Gasteiger partial charge in [-0.1, -0.05) is 0 Å². The highest BCUT2D eigenvalue weighted by Gasteiger charge is 2.29. The van der Waals surface area contributed by atoms with Crippen molar-refractivity contribution < 1.29 is 23.9 Å². The maximum Gasteiger partial charge on any atom is 0.342 e. The molecule has 3 rings (SSSR count). The molecule has 0 spiro atoms. The van der Waals surface area contributed by atoms with E-state index >= 15 is 0 Å². The van der Waals surface area contributed by atoms with Crippen LogP contribution in [0.2, 0.25) is 0 Å². The Balaban J connectivity index is 1.80. The van der Waals surface area contributed by atoms with Crippen molar-refractivity contribution in [2.45, 2.75) is 45.6 Å². The van der Waals surface area contributed by atoms with Crippen molar-refractivity contribution in [3.8, 4) is 5.75 Å². The highest BCUT2D eigenvalue weighted by molar-refractivity contribution is 7.17. The molecule has 1 aliphatic carbocycles. The van der Waals surface area contributed by atoms with Crippen LogP contribution in [0.5, 0.6) is 5.75 Å². The van der Waals surface area contributed by atoms with Crippen molar-refractivity contribution in [1.29, 1.82) is 0 Å². The zero-order valence-electron chi connectivity index (χ0n) is 16.2. The van der Waals surface area contributed by atoms with E-state index in [1.54, 1.807) is 38.3 Å². The van der Waals surface area contributed by atoms with Crippen LogP contribution in [-0.4, -0.2) is 30.9 Å². The number of hydrogen-bond acceptors (Lipinski definition) is 6. The number of methoxy groups -OCH3 is 1. The van der Waals surface area contributed by atoms with Crippen LogP contribution >= 0.6 is 11.3 Å². The smallest absolute Gasteiger partial charge is 0.342 e. The Kier molecular flexibility index (Phi) is 6.14. The van der Waals surface area contributed by atoms with Crippen LogP contribution in [0, 0.1) is 0 Å². The molecule has 0 saturated carbocycles. The fourth-order valence-corrected chi connectivity index (χ4v) is 4.62. The second-order valence-corrected chi connectivity index (χ2v) is 7.84. The summed E-state index contributed by atoms with van der Waals surface area (Å²) in [5, 5.41) is 3.25. The van der Waals surface area contributed by atoms with E-state index in [-0.39, 0.29) is 11.7 Å². The third-order valence-corrected chi connectivity index (χ3v) is 5.90. The number of Topliss-reactive ketones (excluding diaryl/α,β-unsaturated/α-hetero) is 1. The summed E-state index contributed by atoms with van der Waals surface area (Å²) in [7, 11) is 1.55. The number of anilines is 1. The lowest BCUT2D eigenvalue weighted by atomic mass is 9.95. The lowest BCUT2D eigenvalue weighted by Crippen LogP contribution is -2.25. The van der Waals surface area contributed by atoms with Gasteiger partial charge in [-0.2, -0.15) is 0 Å². The minimum Gasteiger partial charge on any atom is -0.497 e. The molecule has 1 amide bonds. The molecule has 1 N–H and O–H groups in total. The number of rotatable bonds is 6. The van der Waals surface area contributed by atoms with E-state index < -0.39 is 12.1 Å². The lowest BCUT2D eigenvalue weighted by Gasteiger charge is -2.16. The number of thiophene rings is 1. The molecule has 0 bridgehead atoms. The van der Waals surface area contributed by atoms with Gasteiger partial charge in [-0.05, 0) is 62.4 Å². The average Bonchev–Trinajstić information content (AvgIpc) is 3.04. The molecule has 1 aliphatic rings. The number of aryl methyl sites for hydroxylation is 1. The van der Waals surface area contributed by atoms with Crippen LogP contribution < -0.4 is 10.1 Å². The summed E-state index contributed by atoms with van der Waals surface area (Å²) in [5.74, 6) is -0.459. The SMILES string of the molecule is COc1ccc(C(=O)C(C)OC(=O)c2c(NC(C)=O)sc3c2CCCC3)cc1. The molecule has 0 aliphatic heterocycles. The number of ketones is 1. The maximum atomic E-state index is 12.9. The third kappa shape index (κ3) is 4.25. The van der Waals surface area contributed by atoms with Gasteiger partial charge >= 0.3 is 5.97 Å². The quantitative estimate of drug-likeness (QED) is 0.584. The molecule has 1 atom stereocenters. The fraction of sp³-hybridized carbons (Fsp3) is 0.381. The van der Waals surface area contributed by atoms with E-state index in [1.807, 2.05) is 0 Å². The summed E-state index contributed by atoms with van der Waals surface area (Å²) in [4.78, 5) is 38.2. The van der Waals surface area contributed by atoms with Crippen LogP contribution in [0.4, 0.5) is 5.00 Å². The zero-order valence-corrected chi connectivity index (χ0v) is 17.0. The number of fused-ring (bicyclic) bond motifs is 1. The summed E-state index contributed by atoms with van der Waals surface area (Å²) < 4.78 is 10.6. The van der Waals surface area contributed by atoms with Crippen LogP contribution in [0.25, 0.3) is 0 Å². The van der Waals surface area contributed by atoms with Crippen LogP contribution in [0.3, 0.4) is 0 Å². The summed E-state index contributed by atoms with van der Waals surface area (Å²) in [6.45, 7) is 2.96. The van der Waals surface area contributed by atoms with Crippen molar-refractivity contribution in [1.82, 2.24) is 0 Å². The van der Waals surface area contributed by atoms with E-state index in [1.165, 1.54) is 18.3 Å². The largest absolute Gasteiger partial charge is 0.497 e. The van der Waals surface area contributed by atoms with Gasteiger partial charge in [0, 0.05) is 17.4 Å². The first-order valence-corrected chi connectivity index (χ1v) is 10.0. The molecule has 1 aromatic heterocycles. The molecule has 2 aromatic rings. The molecule has 1 aromatic carbocycles. The predicted molar refractivity (Wildman–Crippen MR) is 107 cm³/mol. The number of nitrogens with one attached hydrogen (secondary N) is 1. The lowest BCUT2D eigenvalue weighted by molar-refractivity contribution is -0.114. The first-order chi connectivity index (χ1) is 13.4. The normalized spacial score (nSPS) is 14.0. The Labute approximate surface area is 167 Å². The van der Waals surface area contributed by atoms with Crippen molar-refractivity contribution in [3.63, 3.8) is 0 Å². The second-order valence-electron chi connectivity index (χ2n) is 6.74. The van der Waals surface area contributed by atoms with Crippen molar-refractivity contribution in [2.24, 2.45) is 0 Å². The molecule has 7 heteroatoms. The molecule has 1 unspecified atom stereocenters. The molecule has 0 saturated heterocycles. The number of benzene rings is 1. The minimum atomic E-state index is -0.940. The van der Waals surface area contributed by atoms with Gasteiger partial charge < -0.3 is 14.8 Å². The summed E-state index contributed by atoms with van der Waals surface area (Å²) in [6.07, 6.45) is 2.78. The van der Waals surface area contributed by atoms with Crippen molar-refractivity contribution in [3.05, 3.63) is 45.8 Å². The molecule has 0 radical (unpaired) electrons. The monoisotopic (exact) mass is 401 g/mol. The van der Waals surface area contributed by atoms with Crippen LogP contribution in [-0.2, 0) is 22.4 Å². The number of carbonyl (C=O) groups excluding carboxylic acids is 3. The van der Waals surface area contributed by atoms with E-state index in [9.17, 15) is 14.4 Å². The number of amides is 1. The Bertz CT molecular complexity index is 900. The molecular formula is C21H23NO5S. The molecule has 6 nitrogen and oxygen atoms in total. The van der Waals surface area contributed by atoms with Crippen molar-refractivity contribution in [2.75, 3.05) is 12.4 Å². The Morgan fingerprint density at radius 3 is 2.43 bits per heavy atom. The standard InChI is InChI=1S/C21H23NO5S/c1-12(19(24)14-8-10-15(26-3)11-9-14)27-21(25)18-16-6-4-5-7-17(16)28-20(18)22-13(2)23/h8-12H,4-7H2,1-3H3,(H,22,23). The third-order valence-electron chi connectivity index (χ3n) is 4.69. The fourth-order valence-electron chi connectivity index (χ4n) is 3.29. The van der Waals surface area contributed by atoms with Gasteiger partial charge in [0.15, 0.2) is 6.10 Å². The Morgan fingerprint density at radius 2 is 1.79 bits per heavy atom. The van der Waals surface area contributed by atoms with Crippen LogP contribution in [0.1, 0.15) is 57.8 Å². The number of hydrogen-bond donors (Lipinski definition) is 1. The molecule has 0 fully saturated rings. The summed E-state index contributed by atoms with van der Waals surface area (Å²) in [5.41, 5.74) is 1.77. The zero-order chi connectivity index (χ0) is 20.3. The number of esters is 1. The van der Waals surface area contributed by atoms with E-state index in [0.29, 0.717) is 21.9 Å². The number of carbonyl (C=O) groups is 3. The molecule has 1 heterocycles. The van der Waals surface area contributed by atoms with Gasteiger partial charge in [-0.25, -0.2) is 4.79 Å². The maximum absolute atomic E-state index is 12.9. The predicted octanol–water partition coefficient (Wildman–Crippen LogP) is 4.02. The molecule has 28 heavy (non-hydrogen) atoms. The van der Waals surface area contributed by atoms with Gasteiger partial charge in [-0.3, -0.25) is 9.59 Å². The van der Waals surface area contributed by atoms with Gasteiger partial charge in [0.1, 0.15) is 10.8 Å². The first kappa shape index (κ1) is 20.1. The van der Waals surface area contributed by atoms with Gasteiger partial charge in [-0.15, -0.1) is 11.3 Å². The van der Waals surface area contributed by atoms with E-state index in [4.69, 9.17) is 9.47 Å². The summed E-state index contributed by atoms with van der Waals surface area (Å²) in [6, 6.07) is 6.65. The van der Waals surface area contributed by atoms with E-state index in [2.05, 4.69) is 5.32 Å². The second kappa shape index (κ2) is 8.56. The van der Waals surface area contributed by atoms with Gasteiger partial charge in [0.2, 0.25) is 11.7 Å².